The fourth-order valence-electron chi connectivity index (χ4n) is 3.64. The van der Waals surface area contributed by atoms with Gasteiger partial charge in [0.2, 0.25) is 0 Å². The van der Waals surface area contributed by atoms with Crippen molar-refractivity contribution in [3.63, 3.8) is 0 Å². The fraction of sp³-hybridized carbons (Fsp3) is 0.250. The summed E-state index contributed by atoms with van der Waals surface area (Å²) in [5, 5.41) is 3.41. The zero-order valence-electron chi connectivity index (χ0n) is 17.7. The van der Waals surface area contributed by atoms with Crippen LogP contribution in [-0.4, -0.2) is 49.5 Å². The van der Waals surface area contributed by atoms with E-state index in [-0.39, 0.29) is 11.8 Å². The van der Waals surface area contributed by atoms with Gasteiger partial charge in [0.1, 0.15) is 5.75 Å². The summed E-state index contributed by atoms with van der Waals surface area (Å²) in [6.45, 7) is 4.89. The molecule has 2 amide bonds. The lowest BCUT2D eigenvalue weighted by Crippen LogP contribution is -2.48. The summed E-state index contributed by atoms with van der Waals surface area (Å²) in [6, 6.07) is 15.9. The van der Waals surface area contributed by atoms with Crippen molar-refractivity contribution >= 4 is 34.8 Å². The summed E-state index contributed by atoms with van der Waals surface area (Å²) >= 11 is 6.53. The van der Waals surface area contributed by atoms with Gasteiger partial charge in [0.05, 0.1) is 23.6 Å². The number of anilines is 2. The molecule has 1 aliphatic heterocycles. The molecule has 0 unspecified atom stereocenters. The number of amides is 2. The predicted octanol–water partition coefficient (Wildman–Crippen LogP) is 4.55. The maximum atomic E-state index is 12.6. The molecule has 1 aliphatic rings. The van der Waals surface area contributed by atoms with Crippen LogP contribution in [0.1, 0.15) is 27.8 Å². The van der Waals surface area contributed by atoms with Gasteiger partial charge in [-0.05, 0) is 55.5 Å². The van der Waals surface area contributed by atoms with Gasteiger partial charge in [0.25, 0.3) is 11.8 Å². The summed E-state index contributed by atoms with van der Waals surface area (Å²) in [6.07, 6.45) is 1.50. The minimum absolute atomic E-state index is 0.104. The lowest BCUT2D eigenvalue weighted by molar-refractivity contribution is 0.0714. The summed E-state index contributed by atoms with van der Waals surface area (Å²) in [4.78, 5) is 28.9. The van der Waals surface area contributed by atoms with E-state index in [2.05, 4.69) is 10.2 Å². The van der Waals surface area contributed by atoms with Crippen LogP contribution in [0.5, 0.6) is 5.75 Å². The van der Waals surface area contributed by atoms with Crippen molar-refractivity contribution in [2.75, 3.05) is 43.0 Å². The van der Waals surface area contributed by atoms with Crippen LogP contribution in [0.3, 0.4) is 0 Å². The highest BCUT2D eigenvalue weighted by Crippen LogP contribution is 2.30. The topological polar surface area (TPSA) is 75.0 Å². The van der Waals surface area contributed by atoms with E-state index in [1.807, 2.05) is 25.1 Å². The number of carbonyl (C=O) groups is 2. The molecule has 0 saturated carbocycles. The molecule has 1 saturated heterocycles. The molecule has 166 valence electrons. The van der Waals surface area contributed by atoms with Gasteiger partial charge < -0.3 is 24.3 Å². The van der Waals surface area contributed by atoms with Crippen LogP contribution in [0.15, 0.2) is 65.3 Å². The number of piperazine rings is 1. The smallest absolute Gasteiger partial charge is 0.289 e. The second-order valence-electron chi connectivity index (χ2n) is 7.34. The monoisotopic (exact) mass is 453 g/mol. The molecule has 0 spiro atoms. The van der Waals surface area contributed by atoms with Gasteiger partial charge in [-0.1, -0.05) is 17.7 Å². The van der Waals surface area contributed by atoms with Gasteiger partial charge >= 0.3 is 0 Å². The molecule has 1 aromatic heterocycles. The molecule has 0 bridgehead atoms. The van der Waals surface area contributed by atoms with E-state index >= 15 is 0 Å². The second kappa shape index (κ2) is 9.78. The Morgan fingerprint density at radius 2 is 1.88 bits per heavy atom. The second-order valence-corrected chi connectivity index (χ2v) is 7.74. The number of furan rings is 1. The molecule has 7 nitrogen and oxygen atoms in total. The van der Waals surface area contributed by atoms with E-state index < -0.39 is 0 Å². The number of rotatable bonds is 6. The highest BCUT2D eigenvalue weighted by atomic mass is 35.5. The SMILES string of the molecule is CCOc1cccc(C(=O)Nc2ccc(N3CCN(C(=O)c4ccco4)CC3)c(Cl)c2)c1. The van der Waals surface area contributed by atoms with Gasteiger partial charge in [-0.25, -0.2) is 0 Å². The number of benzene rings is 2. The van der Waals surface area contributed by atoms with Crippen molar-refractivity contribution in [1.29, 1.82) is 0 Å². The Morgan fingerprint density at radius 3 is 2.56 bits per heavy atom. The van der Waals surface area contributed by atoms with Crippen molar-refractivity contribution in [2.45, 2.75) is 6.92 Å². The third-order valence-corrected chi connectivity index (χ3v) is 5.56. The van der Waals surface area contributed by atoms with E-state index in [1.54, 1.807) is 41.3 Å². The number of ether oxygens (including phenoxy) is 1. The van der Waals surface area contributed by atoms with E-state index in [9.17, 15) is 9.59 Å². The van der Waals surface area contributed by atoms with Crippen LogP contribution < -0.4 is 15.0 Å². The highest BCUT2D eigenvalue weighted by molar-refractivity contribution is 6.33. The first-order valence-corrected chi connectivity index (χ1v) is 10.8. The van der Waals surface area contributed by atoms with Crippen molar-refractivity contribution in [2.24, 2.45) is 0 Å². The Kier molecular flexibility index (Phi) is 6.66. The number of hydrogen-bond acceptors (Lipinski definition) is 5. The number of nitrogens with zero attached hydrogens (tertiary/aromatic N) is 2. The van der Waals surface area contributed by atoms with E-state index in [0.717, 1.165) is 5.69 Å². The normalized spacial score (nSPS) is 13.7. The standard InChI is InChI=1S/C24H24ClN3O4/c1-2-31-19-6-3-5-17(15-19)23(29)26-18-8-9-21(20(25)16-18)27-10-12-28(13-11-27)24(30)22-7-4-14-32-22/h3-9,14-16H,2,10-13H2,1H3,(H,26,29). The maximum Gasteiger partial charge on any atom is 0.289 e. The predicted molar refractivity (Wildman–Crippen MR) is 124 cm³/mol. The molecule has 3 aromatic rings. The Bertz CT molecular complexity index is 1090. The van der Waals surface area contributed by atoms with Crippen LogP contribution in [0, 0.1) is 0 Å². The fourth-order valence-corrected chi connectivity index (χ4v) is 3.94. The Balaban J connectivity index is 1.38. The van der Waals surface area contributed by atoms with Gasteiger partial charge in [0.15, 0.2) is 5.76 Å². The Hall–Kier alpha value is -3.45. The van der Waals surface area contributed by atoms with Gasteiger partial charge in [-0.15, -0.1) is 0 Å². The molecule has 2 heterocycles. The molecule has 8 heteroatoms. The largest absolute Gasteiger partial charge is 0.494 e. The third kappa shape index (κ3) is 4.89. The van der Waals surface area contributed by atoms with Crippen molar-refractivity contribution in [3.8, 4) is 5.75 Å². The number of nitrogens with one attached hydrogen (secondary N) is 1. The van der Waals surface area contributed by atoms with Crippen LogP contribution in [0.25, 0.3) is 0 Å². The molecular weight excluding hydrogens is 430 g/mol. The Morgan fingerprint density at radius 1 is 1.06 bits per heavy atom. The molecule has 0 radical (unpaired) electrons. The van der Waals surface area contributed by atoms with Crippen LogP contribution in [0.4, 0.5) is 11.4 Å². The first-order chi connectivity index (χ1) is 15.5. The molecule has 2 aromatic carbocycles. The van der Waals surface area contributed by atoms with E-state index in [1.165, 1.54) is 6.26 Å². The van der Waals surface area contributed by atoms with Gasteiger partial charge in [-0.2, -0.15) is 0 Å². The molecule has 0 aliphatic carbocycles. The first kappa shape index (κ1) is 21.8. The maximum absolute atomic E-state index is 12.6. The minimum atomic E-state index is -0.236. The number of halogens is 1. The van der Waals surface area contributed by atoms with Crippen molar-refractivity contribution in [1.82, 2.24) is 4.90 Å². The number of carbonyl (C=O) groups excluding carboxylic acids is 2. The zero-order chi connectivity index (χ0) is 22.5. The number of hydrogen-bond donors (Lipinski definition) is 1. The first-order valence-electron chi connectivity index (χ1n) is 10.5. The van der Waals surface area contributed by atoms with Crippen LogP contribution in [0.2, 0.25) is 5.02 Å². The lowest BCUT2D eigenvalue weighted by Gasteiger charge is -2.36. The molecule has 1 fully saturated rings. The molecule has 1 N–H and O–H groups in total. The summed E-state index contributed by atoms with van der Waals surface area (Å²) in [5.41, 5.74) is 1.98. The molecule has 4 rings (SSSR count). The Labute approximate surface area is 191 Å². The van der Waals surface area contributed by atoms with Gasteiger partial charge in [-0.3, -0.25) is 9.59 Å². The molecule has 32 heavy (non-hydrogen) atoms. The van der Waals surface area contributed by atoms with Crippen molar-refractivity contribution in [3.05, 3.63) is 77.2 Å². The molecular formula is C24H24ClN3O4. The zero-order valence-corrected chi connectivity index (χ0v) is 18.5. The highest BCUT2D eigenvalue weighted by Gasteiger charge is 2.24. The summed E-state index contributed by atoms with van der Waals surface area (Å²) in [7, 11) is 0. The lowest BCUT2D eigenvalue weighted by atomic mass is 10.2. The third-order valence-electron chi connectivity index (χ3n) is 5.25. The summed E-state index contributed by atoms with van der Waals surface area (Å²) in [5.74, 6) is 0.661. The minimum Gasteiger partial charge on any atom is -0.494 e. The van der Waals surface area contributed by atoms with Crippen LogP contribution >= 0.6 is 11.6 Å². The average Bonchev–Trinajstić information content (AvgIpc) is 3.34. The average molecular weight is 454 g/mol. The van der Waals surface area contributed by atoms with E-state index in [0.29, 0.717) is 60.6 Å². The van der Waals surface area contributed by atoms with Gasteiger partial charge in [0, 0.05) is 37.4 Å². The van der Waals surface area contributed by atoms with Crippen molar-refractivity contribution < 1.29 is 18.7 Å². The van der Waals surface area contributed by atoms with E-state index in [4.69, 9.17) is 20.8 Å². The summed E-state index contributed by atoms with van der Waals surface area (Å²) < 4.78 is 10.7. The molecule has 0 atom stereocenters. The van der Waals surface area contributed by atoms with Crippen LogP contribution in [-0.2, 0) is 0 Å². The quantitative estimate of drug-likeness (QED) is 0.592.